The van der Waals surface area contributed by atoms with Crippen LogP contribution in [-0.2, 0) is 0 Å². The maximum Gasteiger partial charge on any atom is 0.324 e. The second-order valence-electron chi connectivity index (χ2n) is 2.97. The SMILES string of the molecule is CC(Cl)c1noc(-c2ccc([N+](=O)[O-])s2)n1. The molecular weight excluding hydrogens is 254 g/mol. The van der Waals surface area contributed by atoms with Gasteiger partial charge in [0.2, 0.25) is 0 Å². The minimum absolute atomic E-state index is 0.0358. The van der Waals surface area contributed by atoms with Crippen LogP contribution in [0.2, 0.25) is 0 Å². The van der Waals surface area contributed by atoms with Crippen molar-refractivity contribution in [2.75, 3.05) is 0 Å². The minimum Gasteiger partial charge on any atom is -0.333 e. The summed E-state index contributed by atoms with van der Waals surface area (Å²) in [6.07, 6.45) is 0. The Balaban J connectivity index is 2.31. The number of thiophene rings is 1. The summed E-state index contributed by atoms with van der Waals surface area (Å²) in [5, 5.41) is 13.8. The van der Waals surface area contributed by atoms with Gasteiger partial charge in [-0.1, -0.05) is 16.5 Å². The van der Waals surface area contributed by atoms with Crippen molar-refractivity contribution in [3.05, 3.63) is 28.1 Å². The minimum atomic E-state index is -0.463. The summed E-state index contributed by atoms with van der Waals surface area (Å²) in [5.74, 6) is 0.619. The molecule has 0 N–H and O–H groups in total. The number of aromatic nitrogens is 2. The summed E-state index contributed by atoms with van der Waals surface area (Å²) in [4.78, 5) is 14.6. The summed E-state index contributed by atoms with van der Waals surface area (Å²) in [5.41, 5.74) is 0. The largest absolute Gasteiger partial charge is 0.333 e. The van der Waals surface area contributed by atoms with Gasteiger partial charge in [-0.2, -0.15) is 4.98 Å². The quantitative estimate of drug-likeness (QED) is 0.481. The molecule has 2 rings (SSSR count). The lowest BCUT2D eigenvalue weighted by Crippen LogP contribution is -1.85. The van der Waals surface area contributed by atoms with Gasteiger partial charge in [0.25, 0.3) is 5.89 Å². The van der Waals surface area contributed by atoms with Crippen molar-refractivity contribution in [1.29, 1.82) is 0 Å². The molecule has 16 heavy (non-hydrogen) atoms. The third-order valence-electron chi connectivity index (χ3n) is 1.78. The van der Waals surface area contributed by atoms with Gasteiger partial charge in [0, 0.05) is 6.07 Å². The highest BCUT2D eigenvalue weighted by Crippen LogP contribution is 2.32. The predicted octanol–water partition coefficient (Wildman–Crippen LogP) is 3.01. The second kappa shape index (κ2) is 4.18. The number of rotatable bonds is 3. The smallest absolute Gasteiger partial charge is 0.324 e. The second-order valence-corrected chi connectivity index (χ2v) is 4.69. The van der Waals surface area contributed by atoms with Gasteiger partial charge in [0.1, 0.15) is 0 Å². The fraction of sp³-hybridized carbons (Fsp3) is 0.250. The van der Waals surface area contributed by atoms with Crippen LogP contribution in [0.5, 0.6) is 0 Å². The maximum absolute atomic E-state index is 10.5. The molecule has 6 nitrogen and oxygen atoms in total. The summed E-state index contributed by atoms with van der Waals surface area (Å²) in [6.45, 7) is 1.72. The molecule has 0 fully saturated rings. The molecule has 0 saturated heterocycles. The lowest BCUT2D eigenvalue weighted by Gasteiger charge is -1.89. The summed E-state index contributed by atoms with van der Waals surface area (Å²) in [7, 11) is 0. The molecule has 0 radical (unpaired) electrons. The van der Waals surface area contributed by atoms with Crippen molar-refractivity contribution >= 4 is 27.9 Å². The lowest BCUT2D eigenvalue weighted by atomic mass is 10.4. The van der Waals surface area contributed by atoms with Crippen molar-refractivity contribution < 1.29 is 9.45 Å². The van der Waals surface area contributed by atoms with Gasteiger partial charge in [0.05, 0.1) is 15.2 Å². The average molecular weight is 260 g/mol. The van der Waals surface area contributed by atoms with Crippen LogP contribution in [-0.4, -0.2) is 15.1 Å². The number of hydrogen-bond donors (Lipinski definition) is 0. The Morgan fingerprint density at radius 3 is 2.88 bits per heavy atom. The zero-order valence-corrected chi connectivity index (χ0v) is 9.66. The average Bonchev–Trinajstić information content (AvgIpc) is 2.86. The van der Waals surface area contributed by atoms with Crippen LogP contribution in [0, 0.1) is 10.1 Å². The first-order valence-electron chi connectivity index (χ1n) is 4.30. The van der Waals surface area contributed by atoms with E-state index in [0.717, 1.165) is 11.3 Å². The number of nitrogens with zero attached hydrogens (tertiary/aromatic N) is 3. The van der Waals surface area contributed by atoms with Crippen molar-refractivity contribution in [3.8, 4) is 10.8 Å². The van der Waals surface area contributed by atoms with Gasteiger partial charge < -0.3 is 4.52 Å². The number of nitro groups is 1. The monoisotopic (exact) mass is 259 g/mol. The first-order valence-corrected chi connectivity index (χ1v) is 5.55. The highest BCUT2D eigenvalue weighted by Gasteiger charge is 2.17. The van der Waals surface area contributed by atoms with E-state index in [0.29, 0.717) is 10.7 Å². The first-order chi connectivity index (χ1) is 7.58. The Labute approximate surface area is 99.0 Å². The van der Waals surface area contributed by atoms with Crippen molar-refractivity contribution in [2.24, 2.45) is 0 Å². The Morgan fingerprint density at radius 1 is 1.62 bits per heavy atom. The molecule has 0 amide bonds. The van der Waals surface area contributed by atoms with Crippen LogP contribution < -0.4 is 0 Å². The van der Waals surface area contributed by atoms with Crippen molar-refractivity contribution in [3.63, 3.8) is 0 Å². The van der Waals surface area contributed by atoms with Gasteiger partial charge >= 0.3 is 5.00 Å². The van der Waals surface area contributed by atoms with E-state index in [1.165, 1.54) is 6.07 Å². The van der Waals surface area contributed by atoms with Gasteiger partial charge in [-0.25, -0.2) is 0 Å². The fourth-order valence-corrected chi connectivity index (χ4v) is 1.87. The molecule has 2 heterocycles. The number of halogens is 1. The van der Waals surface area contributed by atoms with Gasteiger partial charge in [-0.05, 0) is 13.0 Å². The van der Waals surface area contributed by atoms with Crippen LogP contribution in [0.1, 0.15) is 18.1 Å². The van der Waals surface area contributed by atoms with Crippen LogP contribution >= 0.6 is 22.9 Å². The van der Waals surface area contributed by atoms with Crippen LogP contribution in [0.3, 0.4) is 0 Å². The third-order valence-corrected chi connectivity index (χ3v) is 3.00. The predicted molar refractivity (Wildman–Crippen MR) is 58.5 cm³/mol. The molecule has 84 valence electrons. The molecule has 0 saturated carbocycles. The topological polar surface area (TPSA) is 82.1 Å². The van der Waals surface area contributed by atoms with E-state index in [1.54, 1.807) is 13.0 Å². The molecule has 0 aliphatic rings. The highest BCUT2D eigenvalue weighted by atomic mass is 35.5. The Hall–Kier alpha value is -1.47. The van der Waals surface area contributed by atoms with Crippen molar-refractivity contribution in [2.45, 2.75) is 12.3 Å². The van der Waals surface area contributed by atoms with Gasteiger partial charge in [0.15, 0.2) is 5.82 Å². The van der Waals surface area contributed by atoms with E-state index in [-0.39, 0.29) is 16.3 Å². The van der Waals surface area contributed by atoms with E-state index in [9.17, 15) is 10.1 Å². The van der Waals surface area contributed by atoms with Crippen LogP contribution in [0.15, 0.2) is 16.7 Å². The van der Waals surface area contributed by atoms with Crippen LogP contribution in [0.4, 0.5) is 5.00 Å². The molecule has 0 bridgehead atoms. The van der Waals surface area contributed by atoms with E-state index >= 15 is 0 Å². The molecule has 2 aromatic rings. The van der Waals surface area contributed by atoms with E-state index in [1.807, 2.05) is 0 Å². The number of hydrogen-bond acceptors (Lipinski definition) is 6. The zero-order valence-electron chi connectivity index (χ0n) is 8.08. The fourth-order valence-electron chi connectivity index (χ4n) is 1.04. The van der Waals surface area contributed by atoms with E-state index in [4.69, 9.17) is 16.1 Å². The van der Waals surface area contributed by atoms with Crippen molar-refractivity contribution in [1.82, 2.24) is 10.1 Å². The van der Waals surface area contributed by atoms with Gasteiger partial charge in [-0.15, -0.1) is 11.6 Å². The molecular formula is C8H6ClN3O3S. The lowest BCUT2D eigenvalue weighted by molar-refractivity contribution is -0.380. The first kappa shape index (κ1) is 11.0. The molecule has 0 aromatic carbocycles. The van der Waals surface area contributed by atoms with Gasteiger partial charge in [-0.3, -0.25) is 10.1 Å². The van der Waals surface area contributed by atoms with E-state index < -0.39 is 4.92 Å². The zero-order chi connectivity index (χ0) is 11.7. The third kappa shape index (κ3) is 2.05. The van der Waals surface area contributed by atoms with E-state index in [2.05, 4.69) is 10.1 Å². The summed E-state index contributed by atoms with van der Waals surface area (Å²) < 4.78 is 4.95. The highest BCUT2D eigenvalue weighted by molar-refractivity contribution is 7.18. The Morgan fingerprint density at radius 2 is 2.38 bits per heavy atom. The summed E-state index contributed by atoms with van der Waals surface area (Å²) in [6, 6.07) is 2.97. The summed E-state index contributed by atoms with van der Waals surface area (Å²) >= 11 is 6.75. The molecule has 0 aliphatic carbocycles. The number of alkyl halides is 1. The Kier molecular flexibility index (Phi) is 2.88. The molecule has 0 spiro atoms. The standard InChI is InChI=1S/C8H6ClN3O3S/c1-4(9)7-10-8(15-11-7)5-2-3-6(16-5)12(13)14/h2-4H,1H3. The Bertz CT molecular complexity index is 522. The molecule has 1 atom stereocenters. The molecule has 1 unspecified atom stereocenters. The molecule has 0 aliphatic heterocycles. The molecule has 8 heteroatoms. The molecule has 2 aromatic heterocycles. The normalized spacial score (nSPS) is 12.6. The maximum atomic E-state index is 10.5. The van der Waals surface area contributed by atoms with Crippen LogP contribution in [0.25, 0.3) is 10.8 Å².